The lowest BCUT2D eigenvalue weighted by molar-refractivity contribution is 0.0900. The number of hydrogen-bond acceptors (Lipinski definition) is 5. The van der Waals surface area contributed by atoms with Gasteiger partial charge in [0.15, 0.2) is 0 Å². The van der Waals surface area contributed by atoms with E-state index in [2.05, 4.69) is 39.6 Å². The van der Waals surface area contributed by atoms with E-state index in [0.29, 0.717) is 19.1 Å². The second-order valence-electron chi connectivity index (χ2n) is 6.42. The van der Waals surface area contributed by atoms with Gasteiger partial charge in [0.05, 0.1) is 12.3 Å². The zero-order chi connectivity index (χ0) is 17.5. The predicted octanol–water partition coefficient (Wildman–Crippen LogP) is 2.43. The third kappa shape index (κ3) is 4.90. The first-order valence-electron chi connectivity index (χ1n) is 8.76. The van der Waals surface area contributed by atoms with Crippen molar-refractivity contribution in [1.82, 2.24) is 15.4 Å². The standard InChI is InChI=1S/C19H25N3O3/c1-24-11-9-20-19(23)18-12-17(21-25-18)16-8-5-10-22(14-16)13-15-6-3-2-4-7-15/h2-4,6-7,12,16H,5,8-11,13-14H2,1H3,(H,20,23)/t16-/m0/s1. The molecule has 0 radical (unpaired) electrons. The van der Waals surface area contributed by atoms with Gasteiger partial charge < -0.3 is 14.6 Å². The SMILES string of the molecule is COCCNC(=O)c1cc([C@H]2CCCN(Cc3ccccc3)C2)no1. The molecule has 1 aliphatic rings. The van der Waals surface area contributed by atoms with Gasteiger partial charge in [-0.15, -0.1) is 0 Å². The van der Waals surface area contributed by atoms with Gasteiger partial charge in [-0.25, -0.2) is 0 Å². The number of nitrogens with one attached hydrogen (secondary N) is 1. The number of nitrogens with zero attached hydrogens (tertiary/aromatic N) is 2. The molecular weight excluding hydrogens is 318 g/mol. The van der Waals surface area contributed by atoms with Crippen LogP contribution in [0.4, 0.5) is 0 Å². The number of methoxy groups -OCH3 is 1. The molecule has 25 heavy (non-hydrogen) atoms. The van der Waals surface area contributed by atoms with Crippen molar-refractivity contribution in [3.05, 3.63) is 53.4 Å². The maximum Gasteiger partial charge on any atom is 0.289 e. The van der Waals surface area contributed by atoms with Crippen LogP contribution in [0.1, 0.15) is 40.6 Å². The summed E-state index contributed by atoms with van der Waals surface area (Å²) in [5.74, 6) is 0.334. The lowest BCUT2D eigenvalue weighted by Crippen LogP contribution is -2.34. The number of aromatic nitrogens is 1. The zero-order valence-electron chi connectivity index (χ0n) is 14.6. The molecule has 0 unspecified atom stereocenters. The molecule has 1 saturated heterocycles. The van der Waals surface area contributed by atoms with E-state index in [9.17, 15) is 4.79 Å². The molecule has 3 rings (SSSR count). The Kier molecular flexibility index (Phi) is 6.19. The van der Waals surface area contributed by atoms with Crippen molar-refractivity contribution in [2.45, 2.75) is 25.3 Å². The third-order valence-corrected chi connectivity index (χ3v) is 4.52. The van der Waals surface area contributed by atoms with Crippen LogP contribution in [0.25, 0.3) is 0 Å². The summed E-state index contributed by atoms with van der Waals surface area (Å²) in [6.07, 6.45) is 2.20. The zero-order valence-corrected chi connectivity index (χ0v) is 14.6. The quantitative estimate of drug-likeness (QED) is 0.782. The minimum Gasteiger partial charge on any atom is -0.383 e. The Labute approximate surface area is 148 Å². The van der Waals surface area contributed by atoms with E-state index in [0.717, 1.165) is 38.2 Å². The highest BCUT2D eigenvalue weighted by molar-refractivity contribution is 5.91. The minimum absolute atomic E-state index is 0.243. The van der Waals surface area contributed by atoms with Crippen LogP contribution in [-0.2, 0) is 11.3 Å². The van der Waals surface area contributed by atoms with Crippen molar-refractivity contribution in [3.63, 3.8) is 0 Å². The van der Waals surface area contributed by atoms with Gasteiger partial charge >= 0.3 is 0 Å². The van der Waals surface area contributed by atoms with Crippen molar-refractivity contribution < 1.29 is 14.1 Å². The fraction of sp³-hybridized carbons (Fsp3) is 0.474. The van der Waals surface area contributed by atoms with E-state index >= 15 is 0 Å². The second-order valence-corrected chi connectivity index (χ2v) is 6.42. The molecule has 6 nitrogen and oxygen atoms in total. The molecule has 2 aromatic rings. The predicted molar refractivity (Wildman–Crippen MR) is 94.4 cm³/mol. The van der Waals surface area contributed by atoms with Crippen molar-refractivity contribution in [2.24, 2.45) is 0 Å². The lowest BCUT2D eigenvalue weighted by Gasteiger charge is -2.31. The van der Waals surface area contributed by atoms with Crippen LogP contribution in [0.2, 0.25) is 0 Å². The number of carbonyl (C=O) groups excluding carboxylic acids is 1. The van der Waals surface area contributed by atoms with E-state index in [1.54, 1.807) is 13.2 Å². The topological polar surface area (TPSA) is 67.6 Å². The number of amides is 1. The normalized spacial score (nSPS) is 18.2. The summed E-state index contributed by atoms with van der Waals surface area (Å²) in [7, 11) is 1.60. The average molecular weight is 343 g/mol. The molecule has 1 fully saturated rings. The van der Waals surface area contributed by atoms with Crippen LogP contribution in [0.15, 0.2) is 40.9 Å². The van der Waals surface area contributed by atoms with Gasteiger partial charge in [0.25, 0.3) is 5.91 Å². The Hall–Kier alpha value is -2.18. The molecule has 0 aliphatic carbocycles. The molecule has 134 valence electrons. The Bertz CT molecular complexity index is 672. The Morgan fingerprint density at radius 1 is 1.40 bits per heavy atom. The maximum absolute atomic E-state index is 12.0. The number of ether oxygens (including phenoxy) is 1. The molecule has 1 aromatic heterocycles. The third-order valence-electron chi connectivity index (χ3n) is 4.52. The summed E-state index contributed by atoms with van der Waals surface area (Å²) in [6, 6.07) is 12.3. The smallest absolute Gasteiger partial charge is 0.289 e. The Morgan fingerprint density at radius 2 is 2.24 bits per heavy atom. The van der Waals surface area contributed by atoms with Gasteiger partial charge in [-0.1, -0.05) is 35.5 Å². The van der Waals surface area contributed by atoms with Crippen LogP contribution in [0.3, 0.4) is 0 Å². The van der Waals surface area contributed by atoms with E-state index in [-0.39, 0.29) is 11.7 Å². The first-order valence-corrected chi connectivity index (χ1v) is 8.76. The fourth-order valence-electron chi connectivity index (χ4n) is 3.22. The highest BCUT2D eigenvalue weighted by atomic mass is 16.5. The molecule has 1 amide bonds. The van der Waals surface area contributed by atoms with Crippen LogP contribution >= 0.6 is 0 Å². The van der Waals surface area contributed by atoms with Crippen LogP contribution < -0.4 is 5.32 Å². The molecule has 0 spiro atoms. The van der Waals surface area contributed by atoms with Gasteiger partial charge in [-0.05, 0) is 24.9 Å². The first kappa shape index (κ1) is 17.6. The molecular formula is C19H25N3O3. The summed E-state index contributed by atoms with van der Waals surface area (Å²) >= 11 is 0. The summed E-state index contributed by atoms with van der Waals surface area (Å²) in [6.45, 7) is 3.91. The number of carbonyl (C=O) groups is 1. The Balaban J connectivity index is 1.57. The fourth-order valence-corrected chi connectivity index (χ4v) is 3.22. The molecule has 0 saturated carbocycles. The van der Waals surface area contributed by atoms with Crippen LogP contribution in [0, 0.1) is 0 Å². The van der Waals surface area contributed by atoms with E-state index < -0.39 is 0 Å². The van der Waals surface area contributed by atoms with E-state index in [1.165, 1.54) is 5.56 Å². The van der Waals surface area contributed by atoms with E-state index in [4.69, 9.17) is 9.26 Å². The molecule has 1 aliphatic heterocycles. The van der Waals surface area contributed by atoms with Crippen LogP contribution in [-0.4, -0.2) is 49.3 Å². The molecule has 1 aromatic carbocycles. The lowest BCUT2D eigenvalue weighted by atomic mass is 9.94. The van der Waals surface area contributed by atoms with Gasteiger partial charge in [0.1, 0.15) is 0 Å². The minimum atomic E-state index is -0.243. The summed E-state index contributed by atoms with van der Waals surface area (Å²) in [5, 5.41) is 6.89. The van der Waals surface area contributed by atoms with Crippen molar-refractivity contribution in [1.29, 1.82) is 0 Å². The first-order chi connectivity index (χ1) is 12.3. The van der Waals surface area contributed by atoms with Crippen molar-refractivity contribution in [2.75, 3.05) is 33.4 Å². The van der Waals surface area contributed by atoms with Gasteiger partial charge in [-0.3, -0.25) is 9.69 Å². The second kappa shape index (κ2) is 8.78. The number of hydrogen-bond donors (Lipinski definition) is 1. The van der Waals surface area contributed by atoms with Crippen molar-refractivity contribution >= 4 is 5.91 Å². The van der Waals surface area contributed by atoms with Crippen molar-refractivity contribution in [3.8, 4) is 0 Å². The van der Waals surface area contributed by atoms with Gasteiger partial charge in [-0.2, -0.15) is 0 Å². The van der Waals surface area contributed by atoms with Gasteiger partial charge in [0, 0.05) is 38.7 Å². The number of benzene rings is 1. The molecule has 0 bridgehead atoms. The maximum atomic E-state index is 12.0. The van der Waals surface area contributed by atoms with Crippen LogP contribution in [0.5, 0.6) is 0 Å². The highest BCUT2D eigenvalue weighted by Gasteiger charge is 2.25. The highest BCUT2D eigenvalue weighted by Crippen LogP contribution is 2.27. The molecule has 1 atom stereocenters. The molecule has 1 N–H and O–H groups in total. The van der Waals surface area contributed by atoms with Gasteiger partial charge in [0.2, 0.25) is 5.76 Å². The molecule has 6 heteroatoms. The number of rotatable bonds is 7. The molecule has 2 heterocycles. The summed E-state index contributed by atoms with van der Waals surface area (Å²) < 4.78 is 10.2. The number of piperidine rings is 1. The number of likely N-dealkylation sites (tertiary alicyclic amines) is 1. The summed E-state index contributed by atoms with van der Waals surface area (Å²) in [4.78, 5) is 14.5. The Morgan fingerprint density at radius 3 is 3.04 bits per heavy atom. The monoisotopic (exact) mass is 343 g/mol. The summed E-state index contributed by atoms with van der Waals surface area (Å²) in [5.41, 5.74) is 2.19. The average Bonchev–Trinajstić information content (AvgIpc) is 3.13. The van der Waals surface area contributed by atoms with E-state index in [1.807, 2.05) is 6.07 Å². The largest absolute Gasteiger partial charge is 0.383 e.